The molecule has 0 aliphatic heterocycles. The molecule has 0 amide bonds. The first-order valence-corrected chi connectivity index (χ1v) is 6.34. The Balaban J connectivity index is 2.10. The third kappa shape index (κ3) is 3.36. The molecule has 0 heterocycles. The Bertz CT molecular complexity index is 591. The maximum absolute atomic E-state index is 8.99. The number of aliphatic hydroxyl groups excluding tert-OH is 1. The van der Waals surface area contributed by atoms with E-state index >= 15 is 0 Å². The second-order valence-corrected chi connectivity index (χ2v) is 4.44. The molecule has 0 unspecified atom stereocenters. The third-order valence-electron chi connectivity index (χ3n) is 3.03. The molecule has 20 heavy (non-hydrogen) atoms. The second-order valence-electron chi connectivity index (χ2n) is 4.44. The smallest absolute Gasteiger partial charge is 0.128 e. The molecule has 2 aromatic rings. The average molecular weight is 271 g/mol. The highest BCUT2D eigenvalue weighted by Crippen LogP contribution is 2.20. The van der Waals surface area contributed by atoms with E-state index in [1.54, 1.807) is 6.92 Å². The molecule has 104 valence electrons. The Morgan fingerprint density at radius 3 is 2.35 bits per heavy atom. The van der Waals surface area contributed by atoms with Gasteiger partial charge < -0.3 is 15.1 Å². The Labute approximate surface area is 117 Å². The standard InChI is InChI=1S/C16H17NO3/c1-12(17-19)15-4-2-3-5-16(15)20-11-14-8-6-13(10-18)7-9-14/h2-9,18-19H,10-11H2,1H3/b17-12-. The van der Waals surface area contributed by atoms with Gasteiger partial charge in [0.2, 0.25) is 0 Å². The van der Waals surface area contributed by atoms with E-state index in [0.717, 1.165) is 16.7 Å². The summed E-state index contributed by atoms with van der Waals surface area (Å²) in [5.41, 5.74) is 3.16. The SMILES string of the molecule is C/C(=N/O)c1ccccc1OCc1ccc(CO)cc1. The molecule has 0 bridgehead atoms. The van der Waals surface area contributed by atoms with Crippen LogP contribution in [-0.2, 0) is 13.2 Å². The van der Waals surface area contributed by atoms with E-state index in [-0.39, 0.29) is 6.61 Å². The van der Waals surface area contributed by atoms with Crippen molar-refractivity contribution in [1.82, 2.24) is 0 Å². The van der Waals surface area contributed by atoms with Gasteiger partial charge in [0.05, 0.1) is 12.3 Å². The summed E-state index contributed by atoms with van der Waals surface area (Å²) in [5, 5.41) is 21.1. The normalized spacial score (nSPS) is 11.4. The largest absolute Gasteiger partial charge is 0.488 e. The van der Waals surface area contributed by atoms with E-state index in [4.69, 9.17) is 15.1 Å². The van der Waals surface area contributed by atoms with Crippen molar-refractivity contribution < 1.29 is 15.1 Å². The summed E-state index contributed by atoms with van der Waals surface area (Å²) in [6, 6.07) is 15.0. The highest BCUT2D eigenvalue weighted by molar-refractivity contribution is 6.00. The number of oxime groups is 1. The van der Waals surface area contributed by atoms with Gasteiger partial charge in [0, 0.05) is 5.56 Å². The zero-order valence-electron chi connectivity index (χ0n) is 11.3. The van der Waals surface area contributed by atoms with Crippen LogP contribution in [-0.4, -0.2) is 16.0 Å². The maximum atomic E-state index is 8.99. The predicted molar refractivity (Wildman–Crippen MR) is 77.1 cm³/mol. The van der Waals surface area contributed by atoms with Crippen molar-refractivity contribution in [2.45, 2.75) is 20.1 Å². The van der Waals surface area contributed by atoms with Crippen LogP contribution in [0.3, 0.4) is 0 Å². The summed E-state index contributed by atoms with van der Waals surface area (Å²) in [5.74, 6) is 0.675. The second kappa shape index (κ2) is 6.73. The first kappa shape index (κ1) is 14.1. The summed E-state index contributed by atoms with van der Waals surface area (Å²) in [6.07, 6.45) is 0. The molecule has 0 atom stereocenters. The summed E-state index contributed by atoms with van der Waals surface area (Å²) in [4.78, 5) is 0. The quantitative estimate of drug-likeness (QED) is 0.499. The molecule has 2 rings (SSSR count). The van der Waals surface area contributed by atoms with E-state index in [9.17, 15) is 0 Å². The van der Waals surface area contributed by atoms with Crippen LogP contribution in [0.2, 0.25) is 0 Å². The summed E-state index contributed by atoms with van der Waals surface area (Å²) < 4.78 is 5.77. The van der Waals surface area contributed by atoms with Crippen LogP contribution in [0.25, 0.3) is 0 Å². The van der Waals surface area contributed by atoms with Crippen LogP contribution < -0.4 is 4.74 Å². The van der Waals surface area contributed by atoms with E-state index in [0.29, 0.717) is 18.1 Å². The van der Waals surface area contributed by atoms with Crippen LogP contribution in [0.15, 0.2) is 53.7 Å². The molecule has 0 aromatic heterocycles. The third-order valence-corrected chi connectivity index (χ3v) is 3.03. The fraction of sp³-hybridized carbons (Fsp3) is 0.188. The predicted octanol–water partition coefficient (Wildman–Crippen LogP) is 2.96. The summed E-state index contributed by atoms with van der Waals surface area (Å²) in [6.45, 7) is 2.18. The Morgan fingerprint density at radius 1 is 1.05 bits per heavy atom. The molecule has 0 saturated carbocycles. The molecule has 4 heteroatoms. The maximum Gasteiger partial charge on any atom is 0.128 e. The van der Waals surface area contributed by atoms with Gasteiger partial charge >= 0.3 is 0 Å². The number of nitrogens with zero attached hydrogens (tertiary/aromatic N) is 1. The fourth-order valence-corrected chi connectivity index (χ4v) is 1.85. The van der Waals surface area contributed by atoms with Gasteiger partial charge in [0.15, 0.2) is 0 Å². The van der Waals surface area contributed by atoms with Gasteiger partial charge in [-0.3, -0.25) is 0 Å². The van der Waals surface area contributed by atoms with Crippen molar-refractivity contribution in [3.63, 3.8) is 0 Å². The van der Waals surface area contributed by atoms with E-state index in [1.807, 2.05) is 48.5 Å². The lowest BCUT2D eigenvalue weighted by Crippen LogP contribution is -2.02. The van der Waals surface area contributed by atoms with Crippen LogP contribution in [0.4, 0.5) is 0 Å². The summed E-state index contributed by atoms with van der Waals surface area (Å²) in [7, 11) is 0. The first-order valence-electron chi connectivity index (χ1n) is 6.34. The van der Waals surface area contributed by atoms with E-state index in [1.165, 1.54) is 0 Å². The molecule has 0 spiro atoms. The molecular formula is C16H17NO3. The van der Waals surface area contributed by atoms with Crippen LogP contribution in [0.1, 0.15) is 23.6 Å². The van der Waals surface area contributed by atoms with Crippen LogP contribution in [0, 0.1) is 0 Å². The molecule has 0 aliphatic carbocycles. The molecule has 4 nitrogen and oxygen atoms in total. The average Bonchev–Trinajstić information content (AvgIpc) is 2.53. The molecule has 0 fully saturated rings. The minimum atomic E-state index is 0.0378. The van der Waals surface area contributed by atoms with Gasteiger partial charge in [-0.05, 0) is 30.2 Å². The number of aliphatic hydroxyl groups is 1. The molecule has 2 N–H and O–H groups in total. The van der Waals surface area contributed by atoms with Crippen molar-refractivity contribution >= 4 is 5.71 Å². The fourth-order valence-electron chi connectivity index (χ4n) is 1.85. The molecule has 0 saturated heterocycles. The summed E-state index contributed by atoms with van der Waals surface area (Å²) >= 11 is 0. The minimum Gasteiger partial charge on any atom is -0.488 e. The first-order chi connectivity index (χ1) is 9.74. The highest BCUT2D eigenvalue weighted by Gasteiger charge is 2.06. The highest BCUT2D eigenvalue weighted by atomic mass is 16.5. The molecule has 2 aromatic carbocycles. The van der Waals surface area contributed by atoms with Gasteiger partial charge in [0.1, 0.15) is 12.4 Å². The topological polar surface area (TPSA) is 62.1 Å². The number of rotatable bonds is 5. The van der Waals surface area contributed by atoms with Gasteiger partial charge in [-0.2, -0.15) is 0 Å². The van der Waals surface area contributed by atoms with Crippen LogP contribution >= 0.6 is 0 Å². The zero-order valence-corrected chi connectivity index (χ0v) is 11.3. The molecular weight excluding hydrogens is 254 g/mol. The lowest BCUT2D eigenvalue weighted by atomic mass is 10.1. The van der Waals surface area contributed by atoms with Gasteiger partial charge in [-0.15, -0.1) is 0 Å². The van der Waals surface area contributed by atoms with Crippen molar-refractivity contribution in [2.75, 3.05) is 0 Å². The van der Waals surface area contributed by atoms with E-state index in [2.05, 4.69) is 5.16 Å². The van der Waals surface area contributed by atoms with Crippen molar-refractivity contribution in [3.8, 4) is 5.75 Å². The Kier molecular flexibility index (Phi) is 4.74. The lowest BCUT2D eigenvalue weighted by molar-refractivity contribution is 0.281. The van der Waals surface area contributed by atoms with Gasteiger partial charge in [-0.1, -0.05) is 41.6 Å². The Hall–Kier alpha value is -2.33. The minimum absolute atomic E-state index is 0.0378. The van der Waals surface area contributed by atoms with Crippen molar-refractivity contribution in [1.29, 1.82) is 0 Å². The van der Waals surface area contributed by atoms with Gasteiger partial charge in [0.25, 0.3) is 0 Å². The number of benzene rings is 2. The van der Waals surface area contributed by atoms with Gasteiger partial charge in [-0.25, -0.2) is 0 Å². The number of para-hydroxylation sites is 1. The Morgan fingerprint density at radius 2 is 1.70 bits per heavy atom. The van der Waals surface area contributed by atoms with E-state index < -0.39 is 0 Å². The lowest BCUT2D eigenvalue weighted by Gasteiger charge is -2.11. The number of ether oxygens (including phenoxy) is 1. The molecule has 0 radical (unpaired) electrons. The monoisotopic (exact) mass is 271 g/mol. The van der Waals surface area contributed by atoms with Crippen LogP contribution in [0.5, 0.6) is 5.75 Å². The zero-order chi connectivity index (χ0) is 14.4. The molecule has 0 aliphatic rings. The number of hydrogen-bond acceptors (Lipinski definition) is 4. The van der Waals surface area contributed by atoms with Crippen molar-refractivity contribution in [3.05, 3.63) is 65.2 Å². The van der Waals surface area contributed by atoms with Crippen molar-refractivity contribution in [2.24, 2.45) is 5.16 Å². The number of hydrogen-bond donors (Lipinski definition) is 2.